The summed E-state index contributed by atoms with van der Waals surface area (Å²) in [6, 6.07) is 12.4. The summed E-state index contributed by atoms with van der Waals surface area (Å²) in [5.74, 6) is 0.494. The van der Waals surface area contributed by atoms with Crippen molar-refractivity contribution in [3.05, 3.63) is 65.1 Å². The molecule has 1 N–H and O–H groups in total. The van der Waals surface area contributed by atoms with Crippen LogP contribution in [0.1, 0.15) is 9.67 Å². The second-order valence-electron chi connectivity index (χ2n) is 4.06. The Morgan fingerprint density at radius 1 is 1.05 bits per heavy atom. The topological polar surface area (TPSA) is 64.1 Å². The molecule has 0 amide bonds. The molecule has 1 aromatic carbocycles. The maximum absolute atomic E-state index is 12.0. The molecule has 2 heterocycles. The van der Waals surface area contributed by atoms with Gasteiger partial charge in [0, 0.05) is 12.4 Å². The molecule has 3 aromatic rings. The van der Waals surface area contributed by atoms with Crippen molar-refractivity contribution in [1.82, 2.24) is 9.97 Å². The molecule has 0 saturated heterocycles. The van der Waals surface area contributed by atoms with Crippen LogP contribution >= 0.6 is 11.3 Å². The van der Waals surface area contributed by atoms with E-state index in [0.717, 1.165) is 0 Å². The maximum atomic E-state index is 12.0. The van der Waals surface area contributed by atoms with E-state index in [1.807, 2.05) is 17.5 Å². The summed E-state index contributed by atoms with van der Waals surface area (Å²) in [4.78, 5) is 20.7. The van der Waals surface area contributed by atoms with E-state index in [9.17, 15) is 4.79 Å². The summed E-state index contributed by atoms with van der Waals surface area (Å²) in [6.45, 7) is 0. The number of nitrogens with one attached hydrogen (secondary N) is 1. The lowest BCUT2D eigenvalue weighted by atomic mass is 10.3. The van der Waals surface area contributed by atoms with E-state index in [4.69, 9.17) is 4.74 Å². The van der Waals surface area contributed by atoms with Crippen molar-refractivity contribution < 1.29 is 9.53 Å². The summed E-state index contributed by atoms with van der Waals surface area (Å²) in [5, 5.41) is 4.86. The molecule has 6 heteroatoms. The molecule has 0 spiro atoms. The predicted octanol–water partition coefficient (Wildman–Crippen LogP) is 3.50. The molecule has 0 aliphatic carbocycles. The molecule has 21 heavy (non-hydrogen) atoms. The van der Waals surface area contributed by atoms with E-state index >= 15 is 0 Å². The van der Waals surface area contributed by atoms with Gasteiger partial charge in [-0.1, -0.05) is 18.2 Å². The minimum absolute atomic E-state index is 0.381. The van der Waals surface area contributed by atoms with Crippen molar-refractivity contribution in [2.24, 2.45) is 0 Å². The van der Waals surface area contributed by atoms with Crippen molar-refractivity contribution in [2.75, 3.05) is 5.32 Å². The summed E-state index contributed by atoms with van der Waals surface area (Å²) < 4.78 is 5.42. The quantitative estimate of drug-likeness (QED) is 0.590. The zero-order valence-electron chi connectivity index (χ0n) is 10.9. The number of esters is 1. The zero-order chi connectivity index (χ0) is 14.5. The first kappa shape index (κ1) is 13.3. The first-order valence-corrected chi connectivity index (χ1v) is 7.09. The Bertz CT molecular complexity index is 730. The zero-order valence-corrected chi connectivity index (χ0v) is 11.7. The van der Waals surface area contributed by atoms with Crippen LogP contribution < -0.4 is 10.1 Å². The van der Waals surface area contributed by atoms with Crippen molar-refractivity contribution in [2.45, 2.75) is 0 Å². The average molecular weight is 297 g/mol. The Balaban J connectivity index is 1.81. The number of aromatic nitrogens is 2. The van der Waals surface area contributed by atoms with Gasteiger partial charge in [-0.3, -0.25) is 0 Å². The van der Waals surface area contributed by atoms with Gasteiger partial charge in [-0.05, 0) is 29.6 Å². The van der Waals surface area contributed by atoms with Gasteiger partial charge in [0.2, 0.25) is 5.95 Å². The number of carbonyl (C=O) groups excluding carboxylic acids is 1. The average Bonchev–Trinajstić information content (AvgIpc) is 3.05. The highest BCUT2D eigenvalue weighted by molar-refractivity contribution is 7.12. The van der Waals surface area contributed by atoms with Crippen LogP contribution in [-0.2, 0) is 0 Å². The number of anilines is 2. The van der Waals surface area contributed by atoms with Crippen LogP contribution in [0.2, 0.25) is 0 Å². The predicted molar refractivity (Wildman–Crippen MR) is 81.0 cm³/mol. The van der Waals surface area contributed by atoms with Gasteiger partial charge in [0.25, 0.3) is 0 Å². The van der Waals surface area contributed by atoms with Crippen LogP contribution in [0.25, 0.3) is 0 Å². The fourth-order valence-corrected chi connectivity index (χ4v) is 2.29. The number of para-hydroxylation sites is 2. The van der Waals surface area contributed by atoms with Crippen LogP contribution in [0, 0.1) is 0 Å². The molecule has 0 radical (unpaired) electrons. The molecular weight excluding hydrogens is 286 g/mol. The molecule has 0 aliphatic heterocycles. The van der Waals surface area contributed by atoms with Gasteiger partial charge in [0.1, 0.15) is 4.88 Å². The molecule has 0 atom stereocenters. The monoisotopic (exact) mass is 297 g/mol. The van der Waals surface area contributed by atoms with Crippen molar-refractivity contribution in [3.8, 4) is 5.75 Å². The first-order valence-electron chi connectivity index (χ1n) is 6.22. The number of hydrogen-bond donors (Lipinski definition) is 1. The molecule has 0 unspecified atom stereocenters. The molecule has 5 nitrogen and oxygen atoms in total. The second kappa shape index (κ2) is 6.15. The fraction of sp³-hybridized carbons (Fsp3) is 0. The van der Waals surface area contributed by atoms with E-state index in [0.29, 0.717) is 22.3 Å². The second-order valence-corrected chi connectivity index (χ2v) is 5.01. The number of ether oxygens (including phenoxy) is 1. The molecule has 0 saturated carbocycles. The van der Waals surface area contributed by atoms with Crippen molar-refractivity contribution in [1.29, 1.82) is 0 Å². The SMILES string of the molecule is O=C(Oc1ccccc1Nc1ncccn1)c1cccs1. The molecule has 0 aliphatic rings. The Kier molecular flexibility index (Phi) is 3.88. The summed E-state index contributed by atoms with van der Waals surface area (Å²) in [7, 11) is 0. The van der Waals surface area contributed by atoms with Crippen LogP contribution in [0.3, 0.4) is 0 Å². The van der Waals surface area contributed by atoms with Gasteiger partial charge >= 0.3 is 5.97 Å². The van der Waals surface area contributed by atoms with Crippen molar-refractivity contribution in [3.63, 3.8) is 0 Å². The number of carbonyl (C=O) groups is 1. The number of nitrogens with zero attached hydrogens (tertiary/aromatic N) is 2. The van der Waals surface area contributed by atoms with E-state index < -0.39 is 0 Å². The fourth-order valence-electron chi connectivity index (χ4n) is 1.69. The lowest BCUT2D eigenvalue weighted by Gasteiger charge is -2.10. The highest BCUT2D eigenvalue weighted by Gasteiger charge is 2.12. The highest BCUT2D eigenvalue weighted by atomic mass is 32.1. The van der Waals surface area contributed by atoms with Crippen LogP contribution in [0.15, 0.2) is 60.2 Å². The number of benzene rings is 1. The lowest BCUT2D eigenvalue weighted by Crippen LogP contribution is -2.08. The number of rotatable bonds is 4. The Morgan fingerprint density at radius 2 is 1.86 bits per heavy atom. The minimum atomic E-state index is -0.381. The van der Waals surface area contributed by atoms with E-state index in [-0.39, 0.29) is 5.97 Å². The standard InChI is InChI=1S/C15H11N3O2S/c19-14(13-7-3-10-21-13)20-12-6-2-1-5-11(12)18-15-16-8-4-9-17-15/h1-10H,(H,16,17,18). The highest BCUT2D eigenvalue weighted by Crippen LogP contribution is 2.27. The summed E-state index contributed by atoms with van der Waals surface area (Å²) in [5.41, 5.74) is 0.633. The minimum Gasteiger partial charge on any atom is -0.420 e. The third-order valence-electron chi connectivity index (χ3n) is 2.62. The molecule has 0 bridgehead atoms. The Morgan fingerprint density at radius 3 is 2.62 bits per heavy atom. The molecule has 2 aromatic heterocycles. The van der Waals surface area contributed by atoms with Crippen LogP contribution in [0.5, 0.6) is 5.75 Å². The van der Waals surface area contributed by atoms with Gasteiger partial charge in [0.05, 0.1) is 5.69 Å². The van der Waals surface area contributed by atoms with Crippen molar-refractivity contribution >= 4 is 28.9 Å². The molecule has 0 fully saturated rings. The van der Waals surface area contributed by atoms with Crippen LogP contribution in [0.4, 0.5) is 11.6 Å². The smallest absolute Gasteiger partial charge is 0.353 e. The first-order chi connectivity index (χ1) is 10.3. The van der Waals surface area contributed by atoms with E-state index in [1.54, 1.807) is 42.7 Å². The third-order valence-corrected chi connectivity index (χ3v) is 3.47. The van der Waals surface area contributed by atoms with Gasteiger partial charge in [-0.2, -0.15) is 0 Å². The Labute approximate surface area is 125 Å². The summed E-state index contributed by atoms with van der Waals surface area (Å²) >= 11 is 1.34. The molecule has 3 rings (SSSR count). The summed E-state index contributed by atoms with van der Waals surface area (Å²) in [6.07, 6.45) is 3.27. The van der Waals surface area contributed by atoms with Gasteiger partial charge in [0.15, 0.2) is 5.75 Å². The van der Waals surface area contributed by atoms with E-state index in [2.05, 4.69) is 15.3 Å². The number of hydrogen-bond acceptors (Lipinski definition) is 6. The largest absolute Gasteiger partial charge is 0.420 e. The third kappa shape index (κ3) is 3.24. The maximum Gasteiger partial charge on any atom is 0.353 e. The normalized spacial score (nSPS) is 10.1. The molecular formula is C15H11N3O2S. The van der Waals surface area contributed by atoms with E-state index in [1.165, 1.54) is 11.3 Å². The van der Waals surface area contributed by atoms with Gasteiger partial charge in [-0.25, -0.2) is 14.8 Å². The number of thiophene rings is 1. The Hall–Kier alpha value is -2.73. The van der Waals surface area contributed by atoms with Gasteiger partial charge < -0.3 is 10.1 Å². The van der Waals surface area contributed by atoms with Crippen LogP contribution in [-0.4, -0.2) is 15.9 Å². The van der Waals surface area contributed by atoms with Gasteiger partial charge in [-0.15, -0.1) is 11.3 Å². The molecule has 104 valence electrons. The lowest BCUT2D eigenvalue weighted by molar-refractivity contribution is 0.0741.